The van der Waals surface area contributed by atoms with E-state index in [4.69, 9.17) is 14.6 Å². The molecule has 1 aromatic heterocycles. The van der Waals surface area contributed by atoms with Gasteiger partial charge in [0.1, 0.15) is 11.7 Å². The highest BCUT2D eigenvalue weighted by Gasteiger charge is 2.21. The zero-order valence-electron chi connectivity index (χ0n) is 8.34. The molecule has 1 fully saturated rings. The van der Waals surface area contributed by atoms with Crippen molar-refractivity contribution in [3.05, 3.63) is 17.5 Å². The summed E-state index contributed by atoms with van der Waals surface area (Å²) in [5, 5.41) is 12.8. The average molecular weight is 212 g/mol. The lowest BCUT2D eigenvalue weighted by Crippen LogP contribution is -2.36. The van der Waals surface area contributed by atoms with Crippen molar-refractivity contribution in [1.29, 1.82) is 0 Å². The van der Waals surface area contributed by atoms with E-state index in [9.17, 15) is 4.79 Å². The standard InChI is InChI=1S/C9H12N2O4/c1-11-8(5-15-6-3-14-4-6)7(2-10-11)9(12)13/h2,6H,3-5H2,1H3,(H,12,13). The van der Waals surface area contributed by atoms with E-state index in [2.05, 4.69) is 5.10 Å². The number of carboxylic acid groups (broad SMARTS) is 1. The molecule has 0 atom stereocenters. The van der Waals surface area contributed by atoms with Crippen LogP contribution in [-0.4, -0.2) is 40.2 Å². The molecule has 6 heteroatoms. The first-order valence-corrected chi connectivity index (χ1v) is 4.62. The fourth-order valence-electron chi connectivity index (χ4n) is 1.32. The van der Waals surface area contributed by atoms with Gasteiger partial charge in [0.25, 0.3) is 0 Å². The van der Waals surface area contributed by atoms with Gasteiger partial charge in [-0.05, 0) is 0 Å². The third-order valence-electron chi connectivity index (χ3n) is 2.36. The molecule has 1 aliphatic rings. The highest BCUT2D eigenvalue weighted by atomic mass is 16.6. The Labute approximate surface area is 86.4 Å². The lowest BCUT2D eigenvalue weighted by molar-refractivity contribution is -0.136. The first-order chi connectivity index (χ1) is 7.18. The van der Waals surface area contributed by atoms with Crippen LogP contribution in [-0.2, 0) is 23.1 Å². The smallest absolute Gasteiger partial charge is 0.339 e. The maximum Gasteiger partial charge on any atom is 0.339 e. The van der Waals surface area contributed by atoms with Gasteiger partial charge in [-0.15, -0.1) is 0 Å². The molecule has 2 heterocycles. The SMILES string of the molecule is Cn1ncc(C(=O)O)c1COC1COC1. The molecule has 0 amide bonds. The molecule has 1 N–H and O–H groups in total. The van der Waals surface area contributed by atoms with Gasteiger partial charge in [0, 0.05) is 7.05 Å². The van der Waals surface area contributed by atoms with Crippen molar-refractivity contribution in [3.63, 3.8) is 0 Å². The van der Waals surface area contributed by atoms with E-state index in [1.54, 1.807) is 7.05 Å². The lowest BCUT2D eigenvalue weighted by atomic mass is 10.2. The Morgan fingerprint density at radius 3 is 3.07 bits per heavy atom. The summed E-state index contributed by atoms with van der Waals surface area (Å²) in [6, 6.07) is 0. The molecule has 1 aromatic rings. The van der Waals surface area contributed by atoms with E-state index in [1.165, 1.54) is 10.9 Å². The number of rotatable bonds is 4. The maximum atomic E-state index is 10.8. The van der Waals surface area contributed by atoms with E-state index < -0.39 is 5.97 Å². The number of carboxylic acids is 1. The number of aromatic carboxylic acids is 1. The summed E-state index contributed by atoms with van der Waals surface area (Å²) in [7, 11) is 1.70. The van der Waals surface area contributed by atoms with Crippen LogP contribution in [0.25, 0.3) is 0 Å². The second-order valence-electron chi connectivity index (χ2n) is 3.40. The molecule has 2 rings (SSSR count). The lowest BCUT2D eigenvalue weighted by Gasteiger charge is -2.25. The Morgan fingerprint density at radius 1 is 1.80 bits per heavy atom. The van der Waals surface area contributed by atoms with Crippen LogP contribution in [0.1, 0.15) is 16.1 Å². The van der Waals surface area contributed by atoms with Crippen LogP contribution in [0.4, 0.5) is 0 Å². The van der Waals surface area contributed by atoms with Gasteiger partial charge in [-0.3, -0.25) is 4.68 Å². The average Bonchev–Trinajstić information content (AvgIpc) is 2.45. The summed E-state index contributed by atoms with van der Waals surface area (Å²) in [5.74, 6) is -0.980. The van der Waals surface area contributed by atoms with E-state index in [0.29, 0.717) is 18.9 Å². The number of hydrogen-bond donors (Lipinski definition) is 1. The van der Waals surface area contributed by atoms with Crippen LogP contribution < -0.4 is 0 Å². The summed E-state index contributed by atoms with van der Waals surface area (Å²) in [6.45, 7) is 1.42. The number of carbonyl (C=O) groups is 1. The summed E-state index contributed by atoms with van der Waals surface area (Å²) in [4.78, 5) is 10.8. The minimum Gasteiger partial charge on any atom is -0.478 e. The molecular weight excluding hydrogens is 200 g/mol. The summed E-state index contributed by atoms with van der Waals surface area (Å²) < 4.78 is 11.9. The van der Waals surface area contributed by atoms with Crippen molar-refractivity contribution in [2.24, 2.45) is 7.05 Å². The molecular formula is C9H12N2O4. The first-order valence-electron chi connectivity index (χ1n) is 4.62. The zero-order chi connectivity index (χ0) is 10.8. The monoisotopic (exact) mass is 212 g/mol. The molecule has 0 spiro atoms. The summed E-state index contributed by atoms with van der Waals surface area (Å²) in [5.41, 5.74) is 0.771. The van der Waals surface area contributed by atoms with Gasteiger partial charge in [0.05, 0.1) is 31.7 Å². The van der Waals surface area contributed by atoms with Gasteiger partial charge in [-0.2, -0.15) is 5.10 Å². The molecule has 1 aliphatic heterocycles. The van der Waals surface area contributed by atoms with Crippen LogP contribution in [0.2, 0.25) is 0 Å². The molecule has 0 unspecified atom stereocenters. The number of ether oxygens (including phenoxy) is 2. The van der Waals surface area contributed by atoms with Crippen LogP contribution in [0.15, 0.2) is 6.20 Å². The van der Waals surface area contributed by atoms with Gasteiger partial charge < -0.3 is 14.6 Å². The third kappa shape index (κ3) is 2.00. The highest BCUT2D eigenvalue weighted by molar-refractivity contribution is 5.88. The molecule has 15 heavy (non-hydrogen) atoms. The van der Waals surface area contributed by atoms with Gasteiger partial charge in [-0.25, -0.2) is 4.79 Å². The third-order valence-corrected chi connectivity index (χ3v) is 2.36. The van der Waals surface area contributed by atoms with Crippen molar-refractivity contribution >= 4 is 5.97 Å². The molecule has 0 bridgehead atoms. The first kappa shape index (κ1) is 10.1. The fraction of sp³-hybridized carbons (Fsp3) is 0.556. The van der Waals surface area contributed by atoms with Crippen molar-refractivity contribution in [3.8, 4) is 0 Å². The Kier molecular flexibility index (Phi) is 2.70. The largest absolute Gasteiger partial charge is 0.478 e. The van der Waals surface area contributed by atoms with E-state index in [-0.39, 0.29) is 18.3 Å². The fourth-order valence-corrected chi connectivity index (χ4v) is 1.32. The minimum atomic E-state index is -0.980. The van der Waals surface area contributed by atoms with Crippen LogP contribution in [0, 0.1) is 0 Å². The number of nitrogens with zero attached hydrogens (tertiary/aromatic N) is 2. The van der Waals surface area contributed by atoms with Crippen molar-refractivity contribution in [1.82, 2.24) is 9.78 Å². The number of aryl methyl sites for hydroxylation is 1. The highest BCUT2D eigenvalue weighted by Crippen LogP contribution is 2.13. The number of hydrogen-bond acceptors (Lipinski definition) is 4. The van der Waals surface area contributed by atoms with Crippen LogP contribution >= 0.6 is 0 Å². The Morgan fingerprint density at radius 2 is 2.53 bits per heavy atom. The molecule has 0 saturated carbocycles. The molecule has 1 saturated heterocycles. The van der Waals surface area contributed by atoms with Gasteiger partial charge in [0.2, 0.25) is 0 Å². The Balaban J connectivity index is 2.04. The number of aromatic nitrogens is 2. The topological polar surface area (TPSA) is 73.6 Å². The van der Waals surface area contributed by atoms with Gasteiger partial charge in [0.15, 0.2) is 0 Å². The second-order valence-corrected chi connectivity index (χ2v) is 3.40. The van der Waals surface area contributed by atoms with Gasteiger partial charge >= 0.3 is 5.97 Å². The molecule has 82 valence electrons. The second kappa shape index (κ2) is 4.00. The normalized spacial score (nSPS) is 16.3. The van der Waals surface area contributed by atoms with E-state index in [0.717, 1.165) is 0 Å². The van der Waals surface area contributed by atoms with E-state index >= 15 is 0 Å². The zero-order valence-corrected chi connectivity index (χ0v) is 8.34. The molecule has 0 aliphatic carbocycles. The van der Waals surface area contributed by atoms with E-state index in [1.807, 2.05) is 0 Å². The summed E-state index contributed by atoms with van der Waals surface area (Å²) in [6.07, 6.45) is 1.42. The van der Waals surface area contributed by atoms with Crippen LogP contribution in [0.3, 0.4) is 0 Å². The summed E-state index contributed by atoms with van der Waals surface area (Å²) >= 11 is 0. The minimum absolute atomic E-state index is 0.0848. The van der Waals surface area contributed by atoms with Crippen LogP contribution in [0.5, 0.6) is 0 Å². The van der Waals surface area contributed by atoms with Crippen molar-refractivity contribution in [2.75, 3.05) is 13.2 Å². The molecule has 0 radical (unpaired) electrons. The predicted molar refractivity (Wildman–Crippen MR) is 49.6 cm³/mol. The maximum absolute atomic E-state index is 10.8. The quantitative estimate of drug-likeness (QED) is 0.762. The predicted octanol–water partition coefficient (Wildman–Crippen LogP) is 0.0337. The van der Waals surface area contributed by atoms with Crippen molar-refractivity contribution in [2.45, 2.75) is 12.7 Å². The Bertz CT molecular complexity index is 370. The van der Waals surface area contributed by atoms with Gasteiger partial charge in [-0.1, -0.05) is 0 Å². The Hall–Kier alpha value is -1.40. The molecule has 6 nitrogen and oxygen atoms in total. The van der Waals surface area contributed by atoms with Crippen molar-refractivity contribution < 1.29 is 19.4 Å². The molecule has 0 aromatic carbocycles.